The molecule has 0 radical (unpaired) electrons. The average molecular weight is 973 g/mol. The zero-order valence-electron chi connectivity index (χ0n) is 39.6. The predicted molar refractivity (Wildman–Crippen MR) is 254 cm³/mol. The number of fused-ring (bicyclic) bond motifs is 2. The molecule has 1 heterocycles. The fraction of sp³-hybridized carbons (Fsp3) is 0.627. The molecular weight excluding hydrogens is 899 g/mol. The molecule has 1 saturated heterocycles. The van der Waals surface area contributed by atoms with E-state index in [9.17, 15) is 24.3 Å². The molecule has 0 bridgehead atoms. The van der Waals surface area contributed by atoms with Crippen molar-refractivity contribution in [2.75, 3.05) is 27.1 Å². The van der Waals surface area contributed by atoms with Gasteiger partial charge in [-0.05, 0) is 99.3 Å². The van der Waals surface area contributed by atoms with Gasteiger partial charge in [-0.15, -0.1) is 0 Å². The van der Waals surface area contributed by atoms with E-state index in [0.717, 1.165) is 27.1 Å². The molecule has 8 unspecified atom stereocenters. The predicted octanol–water partition coefficient (Wildman–Crippen LogP) is 10.9. The second kappa shape index (κ2) is 21.0. The number of carbonyl (C=O) groups is 4. The SMILES string of the molecule is CCC(C)(C(=O)OC)C(C)(C)C(C)CC(C(=O)OCC1CO1)C(C)C(C)(C)CC(C(=O)OCO)C(C)(C)C(C)C(C(=O)OI=Cc1c2ccccc2cc2ccccc12)C(C)C. The summed E-state index contributed by atoms with van der Waals surface area (Å²) < 4.78 is 30.2. The number of carbonyl (C=O) groups excluding carboxylic acids is 4. The molecule has 10 nitrogen and oxygen atoms in total. The number of rotatable bonds is 22. The maximum Gasteiger partial charge on any atom is 0.318 e. The number of aliphatic hydroxyl groups excluding tert-OH is 1. The van der Waals surface area contributed by atoms with Gasteiger partial charge in [-0.2, -0.15) is 0 Å². The summed E-state index contributed by atoms with van der Waals surface area (Å²) in [6, 6.07) is 18.6. The first-order valence-corrected chi connectivity index (χ1v) is 24.3. The zero-order chi connectivity index (χ0) is 46.4. The Hall–Kier alpha value is -3.42. The second-order valence-corrected chi connectivity index (χ2v) is 21.6. The van der Waals surface area contributed by atoms with Crippen molar-refractivity contribution in [3.8, 4) is 0 Å². The minimum absolute atomic E-state index is 0.112. The Morgan fingerprint density at radius 2 is 1.40 bits per heavy atom. The summed E-state index contributed by atoms with van der Waals surface area (Å²) in [5.41, 5.74) is -1.81. The quantitative estimate of drug-likeness (QED) is 0.0259. The van der Waals surface area contributed by atoms with E-state index in [-0.39, 0.29) is 54.3 Å². The third-order valence-electron chi connectivity index (χ3n) is 15.5. The molecule has 1 aliphatic heterocycles. The number of hydrogen-bond donors (Lipinski definition) is 1. The Morgan fingerprint density at radius 1 is 0.839 bits per heavy atom. The van der Waals surface area contributed by atoms with Crippen molar-refractivity contribution in [1.82, 2.24) is 0 Å². The minimum atomic E-state index is -1.16. The van der Waals surface area contributed by atoms with Crippen LogP contribution in [-0.4, -0.2) is 66.2 Å². The van der Waals surface area contributed by atoms with Gasteiger partial charge in [0.15, 0.2) is 6.79 Å². The van der Waals surface area contributed by atoms with E-state index in [1.807, 2.05) is 93.5 Å². The van der Waals surface area contributed by atoms with Crippen LogP contribution in [0, 0.1) is 63.1 Å². The van der Waals surface area contributed by atoms with E-state index in [4.69, 9.17) is 22.0 Å². The molecule has 0 aliphatic carbocycles. The lowest BCUT2D eigenvalue weighted by molar-refractivity contribution is -0.168. The van der Waals surface area contributed by atoms with Gasteiger partial charge in [0.2, 0.25) is 0 Å². The summed E-state index contributed by atoms with van der Waals surface area (Å²) >= 11 is -1.16. The third kappa shape index (κ3) is 11.3. The van der Waals surface area contributed by atoms with Gasteiger partial charge >= 0.3 is 23.9 Å². The van der Waals surface area contributed by atoms with Crippen LogP contribution >= 0.6 is 21.1 Å². The van der Waals surface area contributed by atoms with Crippen LogP contribution in [-0.2, 0) is 41.2 Å². The molecule has 3 aromatic rings. The highest BCUT2D eigenvalue weighted by Gasteiger charge is 2.53. The number of benzene rings is 3. The topological polar surface area (TPSA) is 138 Å². The van der Waals surface area contributed by atoms with Crippen molar-refractivity contribution >= 4 is 70.6 Å². The maximum absolute atomic E-state index is 14.3. The van der Waals surface area contributed by atoms with Crippen LogP contribution < -0.4 is 0 Å². The number of aliphatic hydroxyl groups is 1. The van der Waals surface area contributed by atoms with Crippen molar-refractivity contribution in [3.05, 3.63) is 60.2 Å². The van der Waals surface area contributed by atoms with Crippen LogP contribution in [0.15, 0.2) is 54.6 Å². The Morgan fingerprint density at radius 3 is 1.90 bits per heavy atom. The van der Waals surface area contributed by atoms with Crippen molar-refractivity contribution in [3.63, 3.8) is 0 Å². The lowest BCUT2D eigenvalue weighted by atomic mass is 9.55. The Kier molecular flexibility index (Phi) is 17.4. The molecule has 1 N–H and O–H groups in total. The molecule has 0 amide bonds. The fourth-order valence-corrected chi connectivity index (χ4v) is 11.1. The van der Waals surface area contributed by atoms with Crippen LogP contribution in [0.1, 0.15) is 115 Å². The smallest absolute Gasteiger partial charge is 0.318 e. The van der Waals surface area contributed by atoms with E-state index >= 15 is 0 Å². The Labute approximate surface area is 380 Å². The van der Waals surface area contributed by atoms with Crippen molar-refractivity contribution in [2.24, 2.45) is 63.1 Å². The van der Waals surface area contributed by atoms with E-state index in [0.29, 0.717) is 25.9 Å². The van der Waals surface area contributed by atoms with Gasteiger partial charge in [0.1, 0.15) is 33.9 Å². The molecule has 3 aromatic carbocycles. The fourth-order valence-electron chi connectivity index (χ4n) is 9.49. The Balaban J connectivity index is 1.64. The highest BCUT2D eigenvalue weighted by atomic mass is 127. The van der Waals surface area contributed by atoms with Crippen molar-refractivity contribution < 1.29 is 46.3 Å². The largest absolute Gasteiger partial charge is 0.469 e. The van der Waals surface area contributed by atoms with Gasteiger partial charge in [-0.25, -0.2) is 0 Å². The zero-order valence-corrected chi connectivity index (χ0v) is 41.8. The summed E-state index contributed by atoms with van der Waals surface area (Å²) in [4.78, 5) is 55.7. The first-order valence-electron chi connectivity index (χ1n) is 22.2. The lowest BCUT2D eigenvalue weighted by Gasteiger charge is -2.48. The van der Waals surface area contributed by atoms with Gasteiger partial charge in [-0.3, -0.25) is 19.2 Å². The lowest BCUT2D eigenvalue weighted by Crippen LogP contribution is -2.48. The molecule has 1 aliphatic rings. The molecule has 1 fully saturated rings. The Bertz CT molecular complexity index is 2010. The van der Waals surface area contributed by atoms with Gasteiger partial charge in [0.25, 0.3) is 0 Å². The highest BCUT2D eigenvalue weighted by molar-refractivity contribution is 14.2. The molecule has 0 aromatic heterocycles. The highest BCUT2D eigenvalue weighted by Crippen LogP contribution is 2.53. The van der Waals surface area contributed by atoms with E-state index in [2.05, 4.69) is 55.1 Å². The number of ether oxygens (including phenoxy) is 4. The van der Waals surface area contributed by atoms with E-state index in [1.54, 1.807) is 0 Å². The second-order valence-electron chi connectivity index (χ2n) is 20.1. The molecule has 344 valence electrons. The van der Waals surface area contributed by atoms with Crippen LogP contribution in [0.3, 0.4) is 0 Å². The van der Waals surface area contributed by atoms with Crippen LogP contribution in [0.5, 0.6) is 0 Å². The molecule has 4 rings (SSSR count). The van der Waals surface area contributed by atoms with Crippen molar-refractivity contribution in [2.45, 2.75) is 115 Å². The van der Waals surface area contributed by atoms with E-state index < -0.39 is 73.3 Å². The van der Waals surface area contributed by atoms with Gasteiger partial charge in [0, 0.05) is 4.01 Å². The number of halogens is 1. The number of methoxy groups -OCH3 is 1. The molecule has 0 saturated carbocycles. The summed E-state index contributed by atoms with van der Waals surface area (Å²) in [6.45, 7) is 26.1. The number of hydrogen-bond acceptors (Lipinski definition) is 10. The number of esters is 3. The van der Waals surface area contributed by atoms with Gasteiger partial charge < -0.3 is 27.1 Å². The summed E-state index contributed by atoms with van der Waals surface area (Å²) in [5.74, 6) is -4.33. The molecule has 0 spiro atoms. The minimum Gasteiger partial charge on any atom is -0.469 e. The number of epoxide rings is 1. The first-order chi connectivity index (χ1) is 29.0. The van der Waals surface area contributed by atoms with Crippen molar-refractivity contribution in [1.29, 1.82) is 0 Å². The molecule has 8 atom stereocenters. The molecule has 11 heteroatoms. The monoisotopic (exact) mass is 972 g/mol. The molecular formula is C51H73IO10. The molecule has 62 heavy (non-hydrogen) atoms. The summed E-state index contributed by atoms with van der Waals surface area (Å²) in [6.07, 6.45) is 1.16. The normalized spacial score (nSPS) is 18.8. The maximum atomic E-state index is 14.3. The standard InChI is InChI=1S/C51H73IO10/c1-15-51(13,47(57)58-14)50(11,12)32(4)24-40(44(54)60-29-37-28-59-37)33(5)48(7,8)26-42(45(55)61-30-53)49(9,10)34(6)43(31(2)3)46(56)62-52-27-41-38-22-18-16-20-35(38)25-36-21-17-19-23-39(36)41/h16-23,25,27,31-34,37,40,42-43,53H,15,24,26,28-30H2,1-14H3. The summed E-state index contributed by atoms with van der Waals surface area (Å²) in [5, 5.41) is 14.3. The van der Waals surface area contributed by atoms with Gasteiger partial charge in [-0.1, -0.05) is 132 Å². The van der Waals surface area contributed by atoms with Crippen LogP contribution in [0.4, 0.5) is 0 Å². The van der Waals surface area contributed by atoms with Crippen LogP contribution in [0.25, 0.3) is 21.5 Å². The summed E-state index contributed by atoms with van der Waals surface area (Å²) in [7, 11) is 1.41. The third-order valence-corrected chi connectivity index (χ3v) is 17.0. The van der Waals surface area contributed by atoms with Gasteiger partial charge in [0.05, 0.1) is 36.9 Å². The average Bonchev–Trinajstić information content (AvgIpc) is 4.07. The van der Waals surface area contributed by atoms with Crippen LogP contribution in [0.2, 0.25) is 0 Å². The van der Waals surface area contributed by atoms with E-state index in [1.165, 1.54) is 7.11 Å². The first kappa shape index (κ1) is 51.2.